The molecule has 0 radical (unpaired) electrons. The molecule has 4 nitrogen and oxygen atoms in total. The number of hydrogen-bond donors (Lipinski definition) is 3. The van der Waals surface area contributed by atoms with Crippen LogP contribution in [0.3, 0.4) is 0 Å². The Morgan fingerprint density at radius 1 is 1.25 bits per heavy atom. The van der Waals surface area contributed by atoms with Crippen molar-refractivity contribution in [2.45, 2.75) is 43.7 Å². The van der Waals surface area contributed by atoms with E-state index in [0.29, 0.717) is 18.4 Å². The maximum absolute atomic E-state index is 10.1. The molecule has 0 saturated heterocycles. The third-order valence-electron chi connectivity index (χ3n) is 5.26. The second kappa shape index (κ2) is 4.64. The topological polar surface area (TPSA) is 61.7 Å². The standard InChI is InChI=1S/C16H21NO3/c18-8-7-17-11-5-3-9-1-2-10-4-6-12(19)16-14(10)13(9)15(11)20-16/h4,6,9,11,13,15,17-19H,1-3,5,7-8H2/t9?,11?,13?,15-/m1/s1. The van der Waals surface area contributed by atoms with E-state index < -0.39 is 0 Å². The monoisotopic (exact) mass is 275 g/mol. The molecule has 4 rings (SSSR count). The summed E-state index contributed by atoms with van der Waals surface area (Å²) in [5.74, 6) is 2.10. The van der Waals surface area contributed by atoms with Gasteiger partial charge in [0.15, 0.2) is 11.5 Å². The van der Waals surface area contributed by atoms with Gasteiger partial charge in [-0.15, -0.1) is 0 Å². The lowest BCUT2D eigenvalue weighted by atomic mass is 9.66. The van der Waals surface area contributed by atoms with Gasteiger partial charge in [0.1, 0.15) is 6.10 Å². The Hall–Kier alpha value is -1.26. The van der Waals surface area contributed by atoms with Crippen LogP contribution in [0.5, 0.6) is 11.5 Å². The summed E-state index contributed by atoms with van der Waals surface area (Å²) in [5.41, 5.74) is 2.62. The molecule has 1 saturated carbocycles. The van der Waals surface area contributed by atoms with Crippen molar-refractivity contribution in [3.8, 4) is 11.5 Å². The zero-order valence-corrected chi connectivity index (χ0v) is 11.5. The van der Waals surface area contributed by atoms with Crippen molar-refractivity contribution in [3.63, 3.8) is 0 Å². The summed E-state index contributed by atoms with van der Waals surface area (Å²) in [7, 11) is 0. The maximum Gasteiger partial charge on any atom is 0.165 e. The molecule has 3 aliphatic rings. The van der Waals surface area contributed by atoms with Gasteiger partial charge in [-0.25, -0.2) is 0 Å². The Kier molecular flexibility index (Phi) is 2.89. The number of benzene rings is 1. The van der Waals surface area contributed by atoms with Crippen LogP contribution >= 0.6 is 0 Å². The molecule has 1 aliphatic heterocycles. The molecule has 0 aromatic heterocycles. The van der Waals surface area contributed by atoms with Crippen LogP contribution < -0.4 is 10.1 Å². The van der Waals surface area contributed by atoms with E-state index >= 15 is 0 Å². The number of aryl methyl sites for hydroxylation is 1. The van der Waals surface area contributed by atoms with Crippen LogP contribution in [0.25, 0.3) is 0 Å². The lowest BCUT2D eigenvalue weighted by Crippen LogP contribution is -2.50. The van der Waals surface area contributed by atoms with E-state index in [2.05, 4.69) is 11.4 Å². The predicted molar refractivity (Wildman–Crippen MR) is 75.2 cm³/mol. The van der Waals surface area contributed by atoms with Crippen molar-refractivity contribution >= 4 is 0 Å². The average molecular weight is 275 g/mol. The molecule has 2 aliphatic carbocycles. The van der Waals surface area contributed by atoms with Crippen molar-refractivity contribution in [3.05, 3.63) is 23.3 Å². The number of nitrogens with one attached hydrogen (secondary N) is 1. The van der Waals surface area contributed by atoms with Gasteiger partial charge in [0.2, 0.25) is 0 Å². The number of phenols is 1. The van der Waals surface area contributed by atoms with E-state index in [1.807, 2.05) is 0 Å². The first kappa shape index (κ1) is 12.5. The quantitative estimate of drug-likeness (QED) is 0.783. The fraction of sp³-hybridized carbons (Fsp3) is 0.625. The smallest absolute Gasteiger partial charge is 0.165 e. The van der Waals surface area contributed by atoms with Crippen LogP contribution in [0.4, 0.5) is 0 Å². The SMILES string of the molecule is OCCNC1CCC2CCc3ccc(O)c4c3C2[C@@H]1O4. The van der Waals surface area contributed by atoms with E-state index in [1.54, 1.807) is 6.07 Å². The minimum atomic E-state index is 0.114. The van der Waals surface area contributed by atoms with Crippen LogP contribution in [0.2, 0.25) is 0 Å². The fourth-order valence-electron chi connectivity index (χ4n) is 4.42. The van der Waals surface area contributed by atoms with Gasteiger partial charge in [0.25, 0.3) is 0 Å². The highest BCUT2D eigenvalue weighted by molar-refractivity contribution is 5.56. The third kappa shape index (κ3) is 1.68. The summed E-state index contributed by atoms with van der Waals surface area (Å²) in [6.07, 6.45) is 4.75. The lowest BCUT2D eigenvalue weighted by molar-refractivity contribution is 0.0789. The van der Waals surface area contributed by atoms with E-state index in [-0.39, 0.29) is 24.5 Å². The van der Waals surface area contributed by atoms with Crippen LogP contribution in [-0.2, 0) is 6.42 Å². The summed E-state index contributed by atoms with van der Waals surface area (Å²) in [6, 6.07) is 4.10. The predicted octanol–water partition coefficient (Wildman–Crippen LogP) is 1.54. The van der Waals surface area contributed by atoms with Crippen molar-refractivity contribution in [2.24, 2.45) is 5.92 Å². The van der Waals surface area contributed by atoms with Crippen LogP contribution in [-0.4, -0.2) is 35.5 Å². The molecular formula is C16H21NO3. The second-order valence-electron chi connectivity index (χ2n) is 6.26. The minimum absolute atomic E-state index is 0.114. The summed E-state index contributed by atoms with van der Waals surface area (Å²) < 4.78 is 6.15. The Labute approximate surface area is 118 Å². The van der Waals surface area contributed by atoms with E-state index in [9.17, 15) is 5.11 Å². The van der Waals surface area contributed by atoms with Gasteiger partial charge in [0, 0.05) is 24.1 Å². The van der Waals surface area contributed by atoms with Crippen molar-refractivity contribution in [1.82, 2.24) is 5.32 Å². The highest BCUT2D eigenvalue weighted by Gasteiger charge is 2.50. The first-order chi connectivity index (χ1) is 9.79. The number of rotatable bonds is 3. The van der Waals surface area contributed by atoms with Crippen molar-refractivity contribution < 1.29 is 14.9 Å². The lowest BCUT2D eigenvalue weighted by Gasteiger charge is -2.41. The normalized spacial score (nSPS) is 33.6. The zero-order chi connectivity index (χ0) is 13.7. The highest BCUT2D eigenvalue weighted by atomic mass is 16.5. The first-order valence-electron chi connectivity index (χ1n) is 7.65. The molecule has 0 bridgehead atoms. The number of ether oxygens (including phenoxy) is 1. The molecule has 1 heterocycles. The van der Waals surface area contributed by atoms with Crippen LogP contribution in [0.1, 0.15) is 36.3 Å². The Bertz CT molecular complexity index is 531. The molecular weight excluding hydrogens is 254 g/mol. The van der Waals surface area contributed by atoms with Gasteiger partial charge in [0.05, 0.1) is 6.61 Å². The Balaban J connectivity index is 1.72. The third-order valence-corrected chi connectivity index (χ3v) is 5.26. The van der Waals surface area contributed by atoms with E-state index in [4.69, 9.17) is 9.84 Å². The molecule has 1 fully saturated rings. The van der Waals surface area contributed by atoms with Gasteiger partial charge in [-0.1, -0.05) is 6.07 Å². The van der Waals surface area contributed by atoms with Gasteiger partial charge in [-0.3, -0.25) is 0 Å². The van der Waals surface area contributed by atoms with Gasteiger partial charge < -0.3 is 20.3 Å². The van der Waals surface area contributed by atoms with E-state index in [1.165, 1.54) is 24.0 Å². The molecule has 1 aromatic carbocycles. The molecule has 4 atom stereocenters. The Morgan fingerprint density at radius 3 is 3.00 bits per heavy atom. The molecule has 0 spiro atoms. The largest absolute Gasteiger partial charge is 0.504 e. The molecule has 3 N–H and O–H groups in total. The van der Waals surface area contributed by atoms with Crippen molar-refractivity contribution in [2.75, 3.05) is 13.2 Å². The Morgan fingerprint density at radius 2 is 2.15 bits per heavy atom. The number of phenolic OH excluding ortho intramolecular Hbond substituents is 1. The summed E-state index contributed by atoms with van der Waals surface area (Å²) in [5, 5.41) is 22.5. The summed E-state index contributed by atoms with van der Waals surface area (Å²) in [4.78, 5) is 0. The van der Waals surface area contributed by atoms with Gasteiger partial charge in [-0.05, 0) is 43.2 Å². The first-order valence-corrected chi connectivity index (χ1v) is 7.65. The maximum atomic E-state index is 10.1. The molecule has 3 unspecified atom stereocenters. The minimum Gasteiger partial charge on any atom is -0.504 e. The number of aromatic hydroxyl groups is 1. The molecule has 0 amide bonds. The number of hydrogen-bond acceptors (Lipinski definition) is 4. The van der Waals surface area contributed by atoms with Crippen LogP contribution in [0, 0.1) is 5.92 Å². The van der Waals surface area contributed by atoms with Crippen LogP contribution in [0.15, 0.2) is 12.1 Å². The van der Waals surface area contributed by atoms with Gasteiger partial charge in [-0.2, -0.15) is 0 Å². The number of aliphatic hydroxyl groups excluding tert-OH is 1. The zero-order valence-electron chi connectivity index (χ0n) is 11.5. The summed E-state index contributed by atoms with van der Waals surface area (Å²) >= 11 is 0. The number of aliphatic hydroxyl groups is 1. The van der Waals surface area contributed by atoms with Crippen molar-refractivity contribution in [1.29, 1.82) is 0 Å². The molecule has 108 valence electrons. The highest BCUT2D eigenvalue weighted by Crippen LogP contribution is 2.56. The summed E-state index contributed by atoms with van der Waals surface area (Å²) in [6.45, 7) is 0.762. The fourth-order valence-corrected chi connectivity index (χ4v) is 4.42. The molecule has 4 heteroatoms. The second-order valence-corrected chi connectivity index (χ2v) is 6.26. The average Bonchev–Trinajstić information content (AvgIpc) is 2.88. The van der Waals surface area contributed by atoms with E-state index in [0.717, 1.165) is 18.6 Å². The molecule has 20 heavy (non-hydrogen) atoms. The van der Waals surface area contributed by atoms with Gasteiger partial charge >= 0.3 is 0 Å². The molecule has 1 aromatic rings.